The molecule has 1 aliphatic heterocycles. The molecule has 10 heteroatoms. The molecule has 1 fully saturated rings. The maximum absolute atomic E-state index is 13.0. The molecule has 2 atom stereocenters. The Morgan fingerprint density at radius 3 is 2.70 bits per heavy atom. The Hall–Kier alpha value is -3.53. The fourth-order valence-corrected chi connectivity index (χ4v) is 3.93. The Kier molecular flexibility index (Phi) is 6.83. The molecule has 1 aromatic heterocycles. The number of alkyl halides is 3. The zero-order chi connectivity index (χ0) is 23.3. The number of nitrogens with zero attached hydrogens (tertiary/aromatic N) is 5. The van der Waals surface area contributed by atoms with Gasteiger partial charge in [0, 0.05) is 19.6 Å². The Bertz CT molecular complexity index is 1090. The van der Waals surface area contributed by atoms with Crippen molar-refractivity contribution in [1.29, 1.82) is 0 Å². The van der Waals surface area contributed by atoms with E-state index >= 15 is 0 Å². The van der Waals surface area contributed by atoms with Crippen molar-refractivity contribution in [2.75, 3.05) is 13.1 Å². The van der Waals surface area contributed by atoms with Gasteiger partial charge in [-0.15, -0.1) is 5.10 Å². The zero-order valence-corrected chi connectivity index (χ0v) is 17.7. The second-order valence-electron chi connectivity index (χ2n) is 7.88. The van der Waals surface area contributed by atoms with Crippen molar-refractivity contribution in [3.63, 3.8) is 0 Å². The van der Waals surface area contributed by atoms with Crippen LogP contribution >= 0.6 is 0 Å². The summed E-state index contributed by atoms with van der Waals surface area (Å²) in [6, 6.07) is 14.3. The van der Waals surface area contributed by atoms with Crippen molar-refractivity contribution >= 4 is 12.0 Å². The highest BCUT2D eigenvalue weighted by Crippen LogP contribution is 2.30. The summed E-state index contributed by atoms with van der Waals surface area (Å²) in [4.78, 5) is 15.0. The molecule has 7 nitrogen and oxygen atoms in total. The number of carbonyl (C=O) groups excluding carboxylic acids is 1. The number of aromatic nitrogens is 4. The predicted molar refractivity (Wildman–Crippen MR) is 116 cm³/mol. The lowest BCUT2D eigenvalue weighted by Crippen LogP contribution is -2.43. The minimum absolute atomic E-state index is 0.0164. The van der Waals surface area contributed by atoms with Crippen LogP contribution < -0.4 is 5.32 Å². The van der Waals surface area contributed by atoms with Crippen LogP contribution in [0.3, 0.4) is 0 Å². The number of tetrazole rings is 1. The molecule has 1 amide bonds. The topological polar surface area (TPSA) is 75.9 Å². The first kappa shape index (κ1) is 22.7. The molecule has 1 aliphatic rings. The molecular weight excluding hydrogens is 433 g/mol. The van der Waals surface area contributed by atoms with Crippen molar-refractivity contribution in [3.8, 4) is 0 Å². The van der Waals surface area contributed by atoms with E-state index < -0.39 is 17.8 Å². The smallest absolute Gasteiger partial charge is 0.351 e. The van der Waals surface area contributed by atoms with E-state index in [0.29, 0.717) is 25.1 Å². The van der Waals surface area contributed by atoms with Gasteiger partial charge in [-0.2, -0.15) is 13.2 Å². The molecule has 0 saturated carbocycles. The number of rotatable bonds is 7. The first-order chi connectivity index (χ1) is 15.9. The molecule has 1 saturated heterocycles. The number of benzene rings is 2. The van der Waals surface area contributed by atoms with Crippen LogP contribution in [0.5, 0.6) is 0 Å². The van der Waals surface area contributed by atoms with E-state index in [1.165, 1.54) is 12.4 Å². The Morgan fingerprint density at radius 2 is 1.97 bits per heavy atom. The molecule has 0 radical (unpaired) electrons. The lowest BCUT2D eigenvalue weighted by Gasteiger charge is -2.22. The SMILES string of the molecule is O=C(NCc1cccc(C(F)(F)F)c1)[C@@H]1C[C@@H](n2cnnn2)CN1C/C=C/c1ccccc1. The van der Waals surface area contributed by atoms with E-state index in [0.717, 1.165) is 17.7 Å². The van der Waals surface area contributed by atoms with Crippen molar-refractivity contribution in [1.82, 2.24) is 30.4 Å². The Labute approximate surface area is 188 Å². The van der Waals surface area contributed by atoms with Crippen LogP contribution in [0.1, 0.15) is 29.2 Å². The van der Waals surface area contributed by atoms with Crippen LogP contribution in [-0.4, -0.2) is 50.1 Å². The van der Waals surface area contributed by atoms with E-state index in [4.69, 9.17) is 0 Å². The van der Waals surface area contributed by atoms with E-state index in [9.17, 15) is 18.0 Å². The minimum atomic E-state index is -4.42. The summed E-state index contributed by atoms with van der Waals surface area (Å²) in [5.41, 5.74) is 0.713. The van der Waals surface area contributed by atoms with Crippen molar-refractivity contribution in [3.05, 3.63) is 83.7 Å². The second kappa shape index (κ2) is 9.95. The van der Waals surface area contributed by atoms with Gasteiger partial charge < -0.3 is 5.32 Å². The normalized spacial score (nSPS) is 19.2. The molecular formula is C23H23F3N6O. The third kappa shape index (κ3) is 5.83. The van der Waals surface area contributed by atoms with Crippen molar-refractivity contribution in [2.24, 2.45) is 0 Å². The number of nitrogens with one attached hydrogen (secondary N) is 1. The van der Waals surface area contributed by atoms with Crippen molar-refractivity contribution in [2.45, 2.75) is 31.2 Å². The zero-order valence-electron chi connectivity index (χ0n) is 17.7. The number of amides is 1. The molecule has 3 aromatic rings. The molecule has 0 spiro atoms. The van der Waals surface area contributed by atoms with Crippen LogP contribution in [0, 0.1) is 0 Å². The number of hydrogen-bond acceptors (Lipinski definition) is 5. The van der Waals surface area contributed by atoms with Gasteiger partial charge in [0.05, 0.1) is 17.6 Å². The Balaban J connectivity index is 1.43. The van der Waals surface area contributed by atoms with Crippen LogP contribution in [0.2, 0.25) is 0 Å². The van der Waals surface area contributed by atoms with E-state index in [1.54, 1.807) is 10.7 Å². The summed E-state index contributed by atoms with van der Waals surface area (Å²) in [7, 11) is 0. The molecule has 2 aromatic carbocycles. The highest BCUT2D eigenvalue weighted by atomic mass is 19.4. The molecule has 0 aliphatic carbocycles. The van der Waals surface area contributed by atoms with Gasteiger partial charge in [0.2, 0.25) is 5.91 Å². The van der Waals surface area contributed by atoms with Gasteiger partial charge in [-0.05, 0) is 40.1 Å². The Morgan fingerprint density at radius 1 is 1.15 bits per heavy atom. The lowest BCUT2D eigenvalue weighted by atomic mass is 10.1. The summed E-state index contributed by atoms with van der Waals surface area (Å²) in [6.07, 6.45) is 1.57. The number of carbonyl (C=O) groups is 1. The highest BCUT2D eigenvalue weighted by molar-refractivity contribution is 5.82. The molecule has 2 heterocycles. The largest absolute Gasteiger partial charge is 0.416 e. The predicted octanol–water partition coefficient (Wildman–Crippen LogP) is 3.34. The molecule has 0 unspecified atom stereocenters. The lowest BCUT2D eigenvalue weighted by molar-refractivity contribution is -0.137. The summed E-state index contributed by atoms with van der Waals surface area (Å²) < 4.78 is 40.5. The maximum atomic E-state index is 13.0. The standard InChI is InChI=1S/C23H23F3N6O/c24-23(25,26)19-10-4-8-18(12-19)14-27-22(33)21-13-20(32-16-28-29-30-32)15-31(21)11-5-9-17-6-2-1-3-7-17/h1-10,12,16,20-21H,11,13-15H2,(H,27,33)/b9-5+/t20-,21+/m1/s1. The van der Waals surface area contributed by atoms with Crippen LogP contribution in [-0.2, 0) is 17.5 Å². The number of halogens is 3. The third-order valence-corrected chi connectivity index (χ3v) is 5.59. The van der Waals surface area contributed by atoms with Crippen molar-refractivity contribution < 1.29 is 18.0 Å². The molecule has 172 valence electrons. The van der Waals surface area contributed by atoms with Gasteiger partial charge in [0.1, 0.15) is 6.33 Å². The van der Waals surface area contributed by atoms with E-state index in [2.05, 4.69) is 20.8 Å². The summed E-state index contributed by atoms with van der Waals surface area (Å²) in [5.74, 6) is -0.240. The van der Waals surface area contributed by atoms with Gasteiger partial charge in [0.15, 0.2) is 0 Å². The minimum Gasteiger partial charge on any atom is -0.351 e. The third-order valence-electron chi connectivity index (χ3n) is 5.59. The quantitative estimate of drug-likeness (QED) is 0.590. The highest BCUT2D eigenvalue weighted by Gasteiger charge is 2.37. The first-order valence-corrected chi connectivity index (χ1v) is 10.5. The molecule has 0 bridgehead atoms. The van der Waals surface area contributed by atoms with Gasteiger partial charge >= 0.3 is 6.18 Å². The van der Waals surface area contributed by atoms with Crippen LogP contribution in [0.15, 0.2) is 67.0 Å². The average molecular weight is 456 g/mol. The maximum Gasteiger partial charge on any atom is 0.416 e. The fourth-order valence-electron chi connectivity index (χ4n) is 3.93. The van der Waals surface area contributed by atoms with Crippen LogP contribution in [0.4, 0.5) is 13.2 Å². The van der Waals surface area contributed by atoms with E-state index in [-0.39, 0.29) is 18.5 Å². The summed E-state index contributed by atoms with van der Waals surface area (Å²) >= 11 is 0. The second-order valence-corrected chi connectivity index (χ2v) is 7.88. The molecule has 4 rings (SSSR count). The van der Waals surface area contributed by atoms with Gasteiger partial charge in [-0.3, -0.25) is 9.69 Å². The molecule has 1 N–H and O–H groups in total. The van der Waals surface area contributed by atoms with Crippen LogP contribution in [0.25, 0.3) is 6.08 Å². The van der Waals surface area contributed by atoms with Gasteiger partial charge in [0.25, 0.3) is 0 Å². The average Bonchev–Trinajstić information content (AvgIpc) is 3.48. The molecule has 33 heavy (non-hydrogen) atoms. The van der Waals surface area contributed by atoms with Gasteiger partial charge in [-0.1, -0.05) is 54.6 Å². The monoisotopic (exact) mass is 456 g/mol. The first-order valence-electron chi connectivity index (χ1n) is 10.5. The summed E-state index contributed by atoms with van der Waals surface area (Å²) in [6.45, 7) is 1.13. The summed E-state index contributed by atoms with van der Waals surface area (Å²) in [5, 5.41) is 14.1. The number of likely N-dealkylation sites (tertiary alicyclic amines) is 1. The number of hydrogen-bond donors (Lipinski definition) is 1. The fraction of sp³-hybridized carbons (Fsp3) is 0.304. The van der Waals surface area contributed by atoms with E-state index in [1.807, 2.05) is 47.4 Å². The van der Waals surface area contributed by atoms with Gasteiger partial charge in [-0.25, -0.2) is 4.68 Å².